The minimum absolute atomic E-state index is 0.140. The zero-order chi connectivity index (χ0) is 15.8. The van der Waals surface area contributed by atoms with Crippen molar-refractivity contribution < 1.29 is 14.6 Å². The number of aryl methyl sites for hydroxylation is 2. The standard InChI is InChI=1S/C17H23NO4/c19-14-11-9-13(10-12-14)7-5-3-1-2-4-6-8-15-16(20)18-17(21)22-15/h9-12,19-20H,1-8H2,(H,18,21). The third-order valence-corrected chi connectivity index (χ3v) is 3.76. The number of rotatable bonds is 9. The minimum atomic E-state index is -0.596. The third kappa shape index (κ3) is 5.31. The lowest BCUT2D eigenvalue weighted by Gasteiger charge is -2.03. The van der Waals surface area contributed by atoms with Gasteiger partial charge in [-0.15, -0.1) is 0 Å². The molecule has 0 aliphatic carbocycles. The minimum Gasteiger partial charge on any atom is -0.508 e. The number of oxazole rings is 1. The van der Waals surface area contributed by atoms with E-state index in [0.717, 1.165) is 32.1 Å². The predicted molar refractivity (Wildman–Crippen MR) is 84.2 cm³/mol. The summed E-state index contributed by atoms with van der Waals surface area (Å²) in [5.41, 5.74) is 1.26. The van der Waals surface area contributed by atoms with Crippen LogP contribution in [0.4, 0.5) is 0 Å². The van der Waals surface area contributed by atoms with Crippen LogP contribution in [-0.2, 0) is 12.8 Å². The van der Waals surface area contributed by atoms with E-state index in [1.165, 1.54) is 18.4 Å². The SMILES string of the molecule is O=c1[nH]c(O)c(CCCCCCCCc2ccc(O)cc2)o1. The molecule has 0 atom stereocenters. The van der Waals surface area contributed by atoms with E-state index < -0.39 is 5.76 Å². The Hall–Kier alpha value is -2.17. The van der Waals surface area contributed by atoms with Crippen LogP contribution in [0.15, 0.2) is 33.5 Å². The molecule has 0 unspecified atom stereocenters. The summed E-state index contributed by atoms with van der Waals surface area (Å²) in [6.45, 7) is 0. The first-order valence-corrected chi connectivity index (χ1v) is 7.84. The highest BCUT2D eigenvalue weighted by Crippen LogP contribution is 2.16. The van der Waals surface area contributed by atoms with Gasteiger partial charge in [-0.3, -0.25) is 4.98 Å². The summed E-state index contributed by atoms with van der Waals surface area (Å²) in [6.07, 6.45) is 8.27. The van der Waals surface area contributed by atoms with Crippen molar-refractivity contribution in [3.63, 3.8) is 0 Å². The largest absolute Gasteiger partial charge is 0.508 e. The number of aromatic hydroxyl groups is 2. The fraction of sp³-hybridized carbons (Fsp3) is 0.471. The van der Waals surface area contributed by atoms with Gasteiger partial charge in [0, 0.05) is 6.42 Å². The van der Waals surface area contributed by atoms with Gasteiger partial charge in [-0.1, -0.05) is 37.8 Å². The summed E-state index contributed by atoms with van der Waals surface area (Å²) < 4.78 is 4.84. The number of unbranched alkanes of at least 4 members (excludes halogenated alkanes) is 5. The highest BCUT2D eigenvalue weighted by atomic mass is 16.4. The van der Waals surface area contributed by atoms with E-state index in [2.05, 4.69) is 4.98 Å². The number of phenolic OH excluding ortho intramolecular Hbond substituents is 1. The van der Waals surface area contributed by atoms with E-state index in [-0.39, 0.29) is 5.88 Å². The topological polar surface area (TPSA) is 86.5 Å². The Balaban J connectivity index is 1.50. The predicted octanol–water partition coefficient (Wildman–Crippen LogP) is 3.50. The van der Waals surface area contributed by atoms with Gasteiger partial charge < -0.3 is 14.6 Å². The highest BCUT2D eigenvalue weighted by molar-refractivity contribution is 5.25. The average Bonchev–Trinajstić information content (AvgIpc) is 2.82. The van der Waals surface area contributed by atoms with Crippen LogP contribution >= 0.6 is 0 Å². The van der Waals surface area contributed by atoms with Crippen molar-refractivity contribution in [2.75, 3.05) is 0 Å². The van der Waals surface area contributed by atoms with E-state index in [0.29, 0.717) is 17.9 Å². The first kappa shape index (κ1) is 16.2. The maximum absolute atomic E-state index is 10.9. The molecule has 0 amide bonds. The molecule has 0 spiro atoms. The molecule has 3 N–H and O–H groups in total. The molecule has 2 aromatic rings. The summed E-state index contributed by atoms with van der Waals surface area (Å²) in [7, 11) is 0. The van der Waals surface area contributed by atoms with Gasteiger partial charge >= 0.3 is 5.76 Å². The lowest BCUT2D eigenvalue weighted by atomic mass is 10.0. The molecule has 2 rings (SSSR count). The van der Waals surface area contributed by atoms with Crippen molar-refractivity contribution in [2.24, 2.45) is 0 Å². The fourth-order valence-electron chi connectivity index (χ4n) is 2.51. The number of nitrogens with one attached hydrogen (secondary N) is 1. The first-order chi connectivity index (χ1) is 10.6. The molecule has 5 heteroatoms. The van der Waals surface area contributed by atoms with E-state index in [1.54, 1.807) is 12.1 Å². The van der Waals surface area contributed by atoms with Crippen LogP contribution in [0.25, 0.3) is 0 Å². The maximum atomic E-state index is 10.9. The molecule has 1 heterocycles. The maximum Gasteiger partial charge on any atom is 0.419 e. The van der Waals surface area contributed by atoms with Crippen molar-refractivity contribution in [1.29, 1.82) is 0 Å². The quantitative estimate of drug-likeness (QED) is 0.619. The van der Waals surface area contributed by atoms with Crippen molar-refractivity contribution >= 4 is 0 Å². The summed E-state index contributed by atoms with van der Waals surface area (Å²) in [6, 6.07) is 7.38. The van der Waals surface area contributed by atoms with Crippen LogP contribution in [0.3, 0.4) is 0 Å². The number of aromatic nitrogens is 1. The molecule has 0 aliphatic rings. The van der Waals surface area contributed by atoms with Gasteiger partial charge in [-0.25, -0.2) is 4.79 Å². The molecule has 0 fully saturated rings. The van der Waals surface area contributed by atoms with Crippen molar-refractivity contribution in [1.82, 2.24) is 4.98 Å². The molecular weight excluding hydrogens is 282 g/mol. The number of hydrogen-bond donors (Lipinski definition) is 3. The van der Waals surface area contributed by atoms with E-state index >= 15 is 0 Å². The summed E-state index contributed by atoms with van der Waals surface area (Å²) in [4.78, 5) is 13.1. The van der Waals surface area contributed by atoms with Gasteiger partial charge in [0.05, 0.1) is 0 Å². The number of H-pyrrole nitrogens is 1. The Kier molecular flexibility index (Phi) is 6.13. The molecule has 120 valence electrons. The van der Waals surface area contributed by atoms with Crippen LogP contribution in [0.1, 0.15) is 49.8 Å². The van der Waals surface area contributed by atoms with Crippen molar-refractivity contribution in [3.05, 3.63) is 46.1 Å². The van der Waals surface area contributed by atoms with Gasteiger partial charge in [0.25, 0.3) is 0 Å². The Labute approximate surface area is 129 Å². The highest BCUT2D eigenvalue weighted by Gasteiger charge is 2.07. The second-order valence-electron chi connectivity index (χ2n) is 5.57. The average molecular weight is 305 g/mol. The molecule has 0 bridgehead atoms. The normalized spacial score (nSPS) is 10.9. The van der Waals surface area contributed by atoms with E-state index in [1.807, 2.05) is 12.1 Å². The van der Waals surface area contributed by atoms with Gasteiger partial charge in [-0.05, 0) is 37.0 Å². The summed E-state index contributed by atoms with van der Waals surface area (Å²) >= 11 is 0. The van der Waals surface area contributed by atoms with E-state index in [4.69, 9.17) is 4.42 Å². The van der Waals surface area contributed by atoms with E-state index in [9.17, 15) is 15.0 Å². The fourth-order valence-corrected chi connectivity index (χ4v) is 2.51. The molecule has 1 aromatic carbocycles. The Morgan fingerprint density at radius 1 is 0.864 bits per heavy atom. The zero-order valence-corrected chi connectivity index (χ0v) is 12.7. The molecule has 0 radical (unpaired) electrons. The number of aromatic amines is 1. The lowest BCUT2D eigenvalue weighted by molar-refractivity contribution is 0.414. The molecular formula is C17H23NO4. The molecule has 5 nitrogen and oxygen atoms in total. The van der Waals surface area contributed by atoms with Gasteiger partial charge in [0.2, 0.25) is 5.88 Å². The van der Waals surface area contributed by atoms with Crippen LogP contribution in [0, 0.1) is 0 Å². The molecule has 0 saturated heterocycles. The number of benzene rings is 1. The summed E-state index contributed by atoms with van der Waals surface area (Å²) in [5, 5.41) is 18.6. The zero-order valence-electron chi connectivity index (χ0n) is 12.7. The number of hydrogen-bond acceptors (Lipinski definition) is 4. The summed E-state index contributed by atoms with van der Waals surface area (Å²) in [5.74, 6) is -0.0639. The van der Waals surface area contributed by atoms with Crippen LogP contribution in [0.5, 0.6) is 11.6 Å². The van der Waals surface area contributed by atoms with Gasteiger partial charge in [0.15, 0.2) is 5.76 Å². The molecule has 1 aromatic heterocycles. The second-order valence-corrected chi connectivity index (χ2v) is 5.57. The Morgan fingerprint density at radius 2 is 1.45 bits per heavy atom. The third-order valence-electron chi connectivity index (χ3n) is 3.76. The molecule has 22 heavy (non-hydrogen) atoms. The van der Waals surface area contributed by atoms with Crippen LogP contribution < -0.4 is 5.76 Å². The monoisotopic (exact) mass is 305 g/mol. The smallest absolute Gasteiger partial charge is 0.419 e. The Morgan fingerprint density at radius 3 is 2.05 bits per heavy atom. The molecule has 0 saturated carbocycles. The van der Waals surface area contributed by atoms with Crippen molar-refractivity contribution in [3.8, 4) is 11.6 Å². The Bertz CT molecular complexity index is 612. The van der Waals surface area contributed by atoms with Crippen LogP contribution in [-0.4, -0.2) is 15.2 Å². The number of phenols is 1. The lowest BCUT2D eigenvalue weighted by Crippen LogP contribution is -1.93. The molecule has 0 aliphatic heterocycles. The van der Waals surface area contributed by atoms with Crippen molar-refractivity contribution in [2.45, 2.75) is 51.4 Å². The second kappa shape index (κ2) is 8.32. The van der Waals surface area contributed by atoms with Gasteiger partial charge in [-0.2, -0.15) is 0 Å². The van der Waals surface area contributed by atoms with Crippen LogP contribution in [0.2, 0.25) is 0 Å². The van der Waals surface area contributed by atoms with Gasteiger partial charge in [0.1, 0.15) is 5.75 Å². The first-order valence-electron chi connectivity index (χ1n) is 7.84.